The molecule has 0 radical (unpaired) electrons. The minimum absolute atomic E-state index is 0. The predicted molar refractivity (Wildman–Crippen MR) is 138 cm³/mol. The Morgan fingerprint density at radius 2 is 1.94 bits per heavy atom. The van der Waals surface area contributed by atoms with Gasteiger partial charge in [-0.05, 0) is 37.5 Å². The van der Waals surface area contributed by atoms with Gasteiger partial charge in [0.15, 0.2) is 5.96 Å². The highest BCUT2D eigenvalue weighted by Gasteiger charge is 2.25. The molecule has 31 heavy (non-hydrogen) atoms. The number of guanidine groups is 1. The second kappa shape index (κ2) is 13.2. The minimum atomic E-state index is 0. The molecule has 7 nitrogen and oxygen atoms in total. The first kappa shape index (κ1) is 25.8. The highest BCUT2D eigenvalue weighted by atomic mass is 127. The lowest BCUT2D eigenvalue weighted by molar-refractivity contribution is -0.125. The van der Waals surface area contributed by atoms with Crippen molar-refractivity contribution in [1.82, 2.24) is 16.0 Å². The summed E-state index contributed by atoms with van der Waals surface area (Å²) in [7, 11) is 3.44. The number of hydrogen-bond donors (Lipinski definition) is 3. The van der Waals surface area contributed by atoms with Crippen molar-refractivity contribution in [3.8, 4) is 5.75 Å². The Morgan fingerprint density at radius 1 is 1.19 bits per heavy atom. The summed E-state index contributed by atoms with van der Waals surface area (Å²) in [4.78, 5) is 18.8. The first-order chi connectivity index (χ1) is 14.6. The number of benzene rings is 1. The number of halogens is 2. The van der Waals surface area contributed by atoms with Crippen molar-refractivity contribution in [3.63, 3.8) is 0 Å². The van der Waals surface area contributed by atoms with Gasteiger partial charge in [0.1, 0.15) is 5.75 Å². The molecule has 174 valence electrons. The summed E-state index contributed by atoms with van der Waals surface area (Å²) in [6, 6.07) is 5.97. The zero-order chi connectivity index (χ0) is 21.3. The van der Waals surface area contributed by atoms with Crippen molar-refractivity contribution < 1.29 is 9.53 Å². The Bertz CT molecular complexity index is 743. The van der Waals surface area contributed by atoms with Crippen molar-refractivity contribution in [2.24, 2.45) is 10.9 Å². The zero-order valence-corrected chi connectivity index (χ0v) is 21.5. The normalized spacial score (nSPS) is 19.5. The average molecular weight is 564 g/mol. The number of nitrogens with one attached hydrogen (secondary N) is 3. The Balaban J connectivity index is 0.00000341. The molecule has 1 saturated heterocycles. The van der Waals surface area contributed by atoms with Crippen LogP contribution < -0.4 is 25.6 Å². The molecule has 1 aliphatic heterocycles. The molecule has 0 aromatic heterocycles. The molecule has 1 saturated carbocycles. The maximum Gasteiger partial charge on any atom is 0.223 e. The van der Waals surface area contributed by atoms with Crippen molar-refractivity contribution in [3.05, 3.63) is 23.2 Å². The molecule has 3 N–H and O–H groups in total. The third-order valence-electron chi connectivity index (χ3n) is 5.93. The summed E-state index contributed by atoms with van der Waals surface area (Å²) in [6.07, 6.45) is 6.65. The van der Waals surface area contributed by atoms with Crippen molar-refractivity contribution in [2.75, 3.05) is 45.2 Å². The molecule has 1 heterocycles. The van der Waals surface area contributed by atoms with Crippen LogP contribution in [0, 0.1) is 5.92 Å². The highest BCUT2D eigenvalue weighted by molar-refractivity contribution is 14.0. The van der Waals surface area contributed by atoms with E-state index in [-0.39, 0.29) is 41.8 Å². The number of anilines is 1. The molecule has 1 aliphatic carbocycles. The van der Waals surface area contributed by atoms with E-state index in [0.29, 0.717) is 18.1 Å². The molecule has 3 rings (SSSR count). The minimum Gasteiger partial charge on any atom is -0.495 e. The van der Waals surface area contributed by atoms with Gasteiger partial charge in [-0.1, -0.05) is 30.9 Å². The van der Waals surface area contributed by atoms with E-state index in [2.05, 4.69) is 25.8 Å². The lowest BCUT2D eigenvalue weighted by Gasteiger charge is -2.23. The van der Waals surface area contributed by atoms with E-state index >= 15 is 0 Å². The fraction of sp³-hybridized carbons (Fsp3) is 0.636. The molecule has 1 amide bonds. The van der Waals surface area contributed by atoms with Crippen molar-refractivity contribution in [1.29, 1.82) is 0 Å². The predicted octanol–water partition coefficient (Wildman–Crippen LogP) is 3.41. The number of nitrogens with zero attached hydrogens (tertiary/aromatic N) is 2. The highest BCUT2D eigenvalue weighted by Crippen LogP contribution is 2.33. The van der Waals surface area contributed by atoms with Gasteiger partial charge in [0, 0.05) is 50.2 Å². The maximum absolute atomic E-state index is 12.2. The van der Waals surface area contributed by atoms with E-state index in [4.69, 9.17) is 16.3 Å². The van der Waals surface area contributed by atoms with Gasteiger partial charge >= 0.3 is 0 Å². The number of rotatable bonds is 7. The average Bonchev–Trinajstić information content (AvgIpc) is 3.24. The summed E-state index contributed by atoms with van der Waals surface area (Å²) in [6.45, 7) is 3.02. The summed E-state index contributed by atoms with van der Waals surface area (Å²) in [5, 5.41) is 10.5. The summed E-state index contributed by atoms with van der Waals surface area (Å²) in [5.41, 5.74) is 1.02. The fourth-order valence-electron chi connectivity index (χ4n) is 4.27. The maximum atomic E-state index is 12.2. The number of aliphatic imine (C=N–C) groups is 1. The molecule has 1 aromatic carbocycles. The van der Waals surface area contributed by atoms with Crippen LogP contribution in [0.1, 0.15) is 38.5 Å². The SMILES string of the molecule is CN=C(NCCNC(=O)C1CCCCC1)NC1CCN(c2cc(Cl)ccc2OC)C1.I. The van der Waals surface area contributed by atoms with Crippen LogP contribution in [0.2, 0.25) is 5.02 Å². The standard InChI is InChI=1S/C22H34ClN5O2.HI/c1-24-22(26-12-11-25-21(29)16-6-4-3-5-7-16)27-18-10-13-28(15-18)19-14-17(23)8-9-20(19)30-2;/h8-9,14,16,18H,3-7,10-13,15H2,1-2H3,(H,25,29)(H2,24,26,27);1H. The van der Waals surface area contributed by atoms with Crippen LogP contribution in [0.4, 0.5) is 5.69 Å². The summed E-state index contributed by atoms with van der Waals surface area (Å²) < 4.78 is 5.49. The molecule has 0 spiro atoms. The first-order valence-corrected chi connectivity index (χ1v) is 11.3. The molecule has 1 unspecified atom stereocenters. The molecule has 2 aliphatic rings. The van der Waals surface area contributed by atoms with E-state index in [0.717, 1.165) is 49.7 Å². The largest absolute Gasteiger partial charge is 0.495 e. The number of carbonyl (C=O) groups is 1. The zero-order valence-electron chi connectivity index (χ0n) is 18.5. The quantitative estimate of drug-likeness (QED) is 0.205. The van der Waals surface area contributed by atoms with Crippen LogP contribution in [0.5, 0.6) is 5.75 Å². The van der Waals surface area contributed by atoms with E-state index < -0.39 is 0 Å². The van der Waals surface area contributed by atoms with Crippen LogP contribution in [0.15, 0.2) is 23.2 Å². The first-order valence-electron chi connectivity index (χ1n) is 10.9. The van der Waals surface area contributed by atoms with E-state index in [1.165, 1.54) is 19.3 Å². The number of methoxy groups -OCH3 is 1. The Kier molecular flexibility index (Phi) is 11.0. The van der Waals surface area contributed by atoms with Crippen molar-refractivity contribution >= 4 is 53.1 Å². The Labute approximate surface area is 207 Å². The molecule has 2 fully saturated rings. The molecule has 0 bridgehead atoms. The van der Waals surface area contributed by atoms with E-state index in [1.807, 2.05) is 18.2 Å². The van der Waals surface area contributed by atoms with E-state index in [9.17, 15) is 4.79 Å². The third-order valence-corrected chi connectivity index (χ3v) is 6.16. The number of carbonyl (C=O) groups excluding carboxylic acids is 1. The summed E-state index contributed by atoms with van der Waals surface area (Å²) in [5.74, 6) is 1.98. The Hall–Kier alpha value is -1.42. The molecule has 1 aromatic rings. The number of amides is 1. The fourth-order valence-corrected chi connectivity index (χ4v) is 4.44. The number of hydrogen-bond acceptors (Lipinski definition) is 4. The van der Waals surface area contributed by atoms with Gasteiger partial charge in [-0.15, -0.1) is 24.0 Å². The van der Waals surface area contributed by atoms with Gasteiger partial charge in [0.05, 0.1) is 12.8 Å². The second-order valence-corrected chi connectivity index (χ2v) is 8.45. The van der Waals surface area contributed by atoms with Crippen LogP contribution >= 0.6 is 35.6 Å². The molecule has 9 heteroatoms. The van der Waals surface area contributed by atoms with Gasteiger partial charge in [-0.2, -0.15) is 0 Å². The molecular weight excluding hydrogens is 529 g/mol. The smallest absolute Gasteiger partial charge is 0.223 e. The van der Waals surface area contributed by atoms with Gasteiger partial charge < -0.3 is 25.6 Å². The number of ether oxygens (including phenoxy) is 1. The topological polar surface area (TPSA) is 78.0 Å². The van der Waals surface area contributed by atoms with Gasteiger partial charge in [-0.25, -0.2) is 0 Å². The monoisotopic (exact) mass is 563 g/mol. The van der Waals surface area contributed by atoms with Gasteiger partial charge in [0.2, 0.25) is 5.91 Å². The van der Waals surface area contributed by atoms with Gasteiger partial charge in [0.25, 0.3) is 0 Å². The van der Waals surface area contributed by atoms with Gasteiger partial charge in [-0.3, -0.25) is 9.79 Å². The summed E-state index contributed by atoms with van der Waals surface area (Å²) >= 11 is 6.18. The van der Waals surface area contributed by atoms with Crippen LogP contribution in [0.25, 0.3) is 0 Å². The van der Waals surface area contributed by atoms with Crippen molar-refractivity contribution in [2.45, 2.75) is 44.6 Å². The molecule has 1 atom stereocenters. The van der Waals surface area contributed by atoms with E-state index in [1.54, 1.807) is 14.2 Å². The van der Waals surface area contributed by atoms with Crippen LogP contribution in [-0.4, -0.2) is 58.2 Å². The second-order valence-electron chi connectivity index (χ2n) is 8.02. The molecular formula is C22H35ClIN5O2. The van der Waals surface area contributed by atoms with Crippen LogP contribution in [-0.2, 0) is 4.79 Å². The van der Waals surface area contributed by atoms with Crippen LogP contribution in [0.3, 0.4) is 0 Å². The Morgan fingerprint density at radius 3 is 2.65 bits per heavy atom. The lowest BCUT2D eigenvalue weighted by Crippen LogP contribution is -2.47. The third kappa shape index (κ3) is 7.59. The lowest BCUT2D eigenvalue weighted by atomic mass is 9.89.